The number of hydrogen-bond donors (Lipinski definition) is 0. The minimum absolute atomic E-state index is 0.0246. The highest BCUT2D eigenvalue weighted by molar-refractivity contribution is 7.90. The van der Waals surface area contributed by atoms with Crippen molar-refractivity contribution in [3.63, 3.8) is 0 Å². The van der Waals surface area contributed by atoms with Crippen LogP contribution in [-0.2, 0) is 21.4 Å². The number of carbonyl (C=O) groups excluding carboxylic acids is 1. The molecule has 1 saturated heterocycles. The number of nitrogens with zero attached hydrogens (tertiary/aromatic N) is 5. The van der Waals surface area contributed by atoms with Gasteiger partial charge in [0, 0.05) is 43.7 Å². The summed E-state index contributed by atoms with van der Waals surface area (Å²) < 4.78 is 33.3. The SMILES string of the molecule is Cc1ccc(S(=O)(=O)n2nc(N3CCN(C(=O)OCc4ccccc4)CC3)c3ccc([N+](=O)[O-])cc32)cc1. The molecule has 12 heteroatoms. The summed E-state index contributed by atoms with van der Waals surface area (Å²) in [7, 11) is -4.13. The second kappa shape index (κ2) is 10.1. The largest absolute Gasteiger partial charge is 0.445 e. The number of hydrogen-bond acceptors (Lipinski definition) is 8. The molecule has 0 spiro atoms. The van der Waals surface area contributed by atoms with E-state index in [0.717, 1.165) is 15.2 Å². The third kappa shape index (κ3) is 4.90. The van der Waals surface area contributed by atoms with Gasteiger partial charge in [0.15, 0.2) is 5.82 Å². The van der Waals surface area contributed by atoms with Crippen molar-refractivity contribution in [2.45, 2.75) is 18.4 Å². The van der Waals surface area contributed by atoms with Crippen LogP contribution in [0.15, 0.2) is 77.7 Å². The number of amides is 1. The molecule has 1 aliphatic rings. The number of benzene rings is 3. The molecule has 1 aliphatic heterocycles. The molecule has 38 heavy (non-hydrogen) atoms. The van der Waals surface area contributed by atoms with Gasteiger partial charge in [0.1, 0.15) is 6.61 Å². The van der Waals surface area contributed by atoms with E-state index < -0.39 is 21.0 Å². The quantitative estimate of drug-likeness (QED) is 0.268. The fourth-order valence-electron chi connectivity index (χ4n) is 4.31. The van der Waals surface area contributed by atoms with Crippen LogP contribution < -0.4 is 4.90 Å². The molecule has 0 unspecified atom stereocenters. The first-order chi connectivity index (χ1) is 18.2. The van der Waals surface area contributed by atoms with E-state index >= 15 is 0 Å². The molecule has 0 N–H and O–H groups in total. The highest BCUT2D eigenvalue weighted by Gasteiger charge is 2.29. The lowest BCUT2D eigenvalue weighted by atomic mass is 10.2. The second-order valence-corrected chi connectivity index (χ2v) is 10.7. The van der Waals surface area contributed by atoms with Gasteiger partial charge in [0.05, 0.1) is 15.3 Å². The van der Waals surface area contributed by atoms with Crippen molar-refractivity contribution >= 4 is 38.5 Å². The van der Waals surface area contributed by atoms with E-state index in [4.69, 9.17) is 4.74 Å². The Morgan fingerprint density at radius 3 is 2.34 bits per heavy atom. The van der Waals surface area contributed by atoms with Crippen molar-refractivity contribution in [2.75, 3.05) is 31.1 Å². The van der Waals surface area contributed by atoms with Crippen LogP contribution >= 0.6 is 0 Å². The highest BCUT2D eigenvalue weighted by atomic mass is 32.2. The van der Waals surface area contributed by atoms with Gasteiger partial charge < -0.3 is 14.5 Å². The van der Waals surface area contributed by atoms with Crippen LogP contribution in [-0.4, -0.2) is 59.7 Å². The maximum atomic E-state index is 13.5. The molecular weight excluding hydrogens is 510 g/mol. The monoisotopic (exact) mass is 535 g/mol. The van der Waals surface area contributed by atoms with Crippen LogP contribution in [0.5, 0.6) is 0 Å². The fraction of sp³-hybridized carbons (Fsp3) is 0.231. The zero-order valence-electron chi connectivity index (χ0n) is 20.6. The first kappa shape index (κ1) is 25.2. The topological polar surface area (TPSA) is 128 Å². The van der Waals surface area contributed by atoms with Crippen molar-refractivity contribution in [1.82, 2.24) is 14.1 Å². The van der Waals surface area contributed by atoms with Gasteiger partial charge in [-0.25, -0.2) is 4.79 Å². The van der Waals surface area contributed by atoms with Crippen molar-refractivity contribution in [3.8, 4) is 0 Å². The number of carbonyl (C=O) groups is 1. The lowest BCUT2D eigenvalue weighted by Crippen LogP contribution is -2.49. The number of aromatic nitrogens is 2. The number of fused-ring (bicyclic) bond motifs is 1. The Labute approximate surface area is 219 Å². The number of nitro benzene ring substituents is 1. The molecule has 1 aromatic heterocycles. The third-order valence-corrected chi connectivity index (χ3v) is 8.02. The molecule has 11 nitrogen and oxygen atoms in total. The van der Waals surface area contributed by atoms with Crippen molar-refractivity contribution in [1.29, 1.82) is 0 Å². The molecule has 4 aromatic rings. The lowest BCUT2D eigenvalue weighted by molar-refractivity contribution is -0.384. The fourth-order valence-corrected chi connectivity index (χ4v) is 5.59. The Hall–Kier alpha value is -4.45. The van der Waals surface area contributed by atoms with Crippen molar-refractivity contribution < 1.29 is 22.9 Å². The van der Waals surface area contributed by atoms with Gasteiger partial charge in [-0.05, 0) is 30.7 Å². The Bertz CT molecular complexity index is 1590. The van der Waals surface area contributed by atoms with Gasteiger partial charge in [0.2, 0.25) is 0 Å². The summed E-state index contributed by atoms with van der Waals surface area (Å²) in [6, 6.07) is 19.8. The van der Waals surface area contributed by atoms with Crippen LogP contribution in [0.4, 0.5) is 16.3 Å². The molecule has 0 saturated carbocycles. The number of non-ortho nitro benzene ring substituents is 1. The number of aryl methyl sites for hydroxylation is 1. The Balaban J connectivity index is 1.41. The van der Waals surface area contributed by atoms with Gasteiger partial charge >= 0.3 is 6.09 Å². The smallest absolute Gasteiger partial charge is 0.410 e. The number of anilines is 1. The van der Waals surface area contributed by atoms with E-state index in [9.17, 15) is 23.3 Å². The number of ether oxygens (including phenoxy) is 1. The molecule has 196 valence electrons. The summed E-state index contributed by atoms with van der Waals surface area (Å²) in [5, 5.41) is 16.3. The summed E-state index contributed by atoms with van der Waals surface area (Å²) in [4.78, 5) is 26.9. The van der Waals surface area contributed by atoms with Crippen LogP contribution in [0.3, 0.4) is 0 Å². The van der Waals surface area contributed by atoms with Gasteiger partial charge in [-0.2, -0.15) is 12.5 Å². The standard InChI is InChI=1S/C26H25N5O6S/c1-19-7-10-22(11-8-19)38(35,36)30-24-17-21(31(33)34)9-12-23(24)25(27-30)28-13-15-29(16-14-28)26(32)37-18-20-5-3-2-4-6-20/h2-12,17H,13-16,18H2,1H3. The molecular formula is C26H25N5O6S. The van der Waals surface area contributed by atoms with Crippen LogP contribution in [0, 0.1) is 17.0 Å². The first-order valence-corrected chi connectivity index (χ1v) is 13.4. The average molecular weight is 536 g/mol. The van der Waals surface area contributed by atoms with Crippen LogP contribution in [0.1, 0.15) is 11.1 Å². The normalized spacial score (nSPS) is 14.0. The van der Waals surface area contributed by atoms with Crippen LogP contribution in [0.25, 0.3) is 10.9 Å². The minimum Gasteiger partial charge on any atom is -0.445 e. The van der Waals surface area contributed by atoms with E-state index in [2.05, 4.69) is 5.10 Å². The van der Waals surface area contributed by atoms with E-state index in [1.807, 2.05) is 42.2 Å². The first-order valence-electron chi connectivity index (χ1n) is 11.9. The molecule has 2 heterocycles. The number of nitro groups is 1. The Morgan fingerprint density at radius 2 is 1.68 bits per heavy atom. The average Bonchev–Trinajstić information content (AvgIpc) is 3.32. The molecule has 5 rings (SSSR count). The molecule has 1 fully saturated rings. The number of rotatable bonds is 6. The lowest BCUT2D eigenvalue weighted by Gasteiger charge is -2.34. The molecule has 3 aromatic carbocycles. The minimum atomic E-state index is -4.13. The van der Waals surface area contributed by atoms with Crippen molar-refractivity contribution in [3.05, 3.63) is 94.0 Å². The predicted molar refractivity (Wildman–Crippen MR) is 141 cm³/mol. The zero-order valence-corrected chi connectivity index (χ0v) is 21.4. The van der Waals surface area contributed by atoms with Crippen molar-refractivity contribution in [2.24, 2.45) is 0 Å². The van der Waals surface area contributed by atoms with E-state index in [1.54, 1.807) is 17.0 Å². The molecule has 0 bridgehead atoms. The Kier molecular flexibility index (Phi) is 6.72. The molecule has 0 radical (unpaired) electrons. The van der Waals surface area contributed by atoms with Gasteiger partial charge in [-0.1, -0.05) is 48.0 Å². The molecule has 1 amide bonds. The molecule has 0 aliphatic carbocycles. The summed E-state index contributed by atoms with van der Waals surface area (Å²) in [6.45, 7) is 3.48. The number of piperazine rings is 1. The molecule has 0 atom stereocenters. The maximum Gasteiger partial charge on any atom is 0.410 e. The maximum absolute atomic E-state index is 13.5. The predicted octanol–water partition coefficient (Wildman–Crippen LogP) is 3.95. The van der Waals surface area contributed by atoms with Crippen LogP contribution in [0.2, 0.25) is 0 Å². The summed E-state index contributed by atoms with van der Waals surface area (Å²) >= 11 is 0. The van der Waals surface area contributed by atoms with E-state index in [-0.39, 0.29) is 22.7 Å². The van der Waals surface area contributed by atoms with Gasteiger partial charge in [-0.15, -0.1) is 5.10 Å². The second-order valence-electron chi connectivity index (χ2n) is 8.96. The summed E-state index contributed by atoms with van der Waals surface area (Å²) in [5.74, 6) is 0.378. The van der Waals surface area contributed by atoms with Gasteiger partial charge in [0.25, 0.3) is 15.7 Å². The van der Waals surface area contributed by atoms with E-state index in [1.165, 1.54) is 30.3 Å². The zero-order chi connectivity index (χ0) is 26.9. The third-order valence-electron chi connectivity index (χ3n) is 6.41. The van der Waals surface area contributed by atoms with E-state index in [0.29, 0.717) is 37.4 Å². The summed E-state index contributed by atoms with van der Waals surface area (Å²) in [6.07, 6.45) is -0.429. The van der Waals surface area contributed by atoms with Gasteiger partial charge in [-0.3, -0.25) is 10.1 Å². The summed E-state index contributed by atoms with van der Waals surface area (Å²) in [5.41, 5.74) is 1.65. The Morgan fingerprint density at radius 1 is 1.00 bits per heavy atom. The highest BCUT2D eigenvalue weighted by Crippen LogP contribution is 2.32.